The lowest BCUT2D eigenvalue weighted by Crippen LogP contribution is -1.84. The van der Waals surface area contributed by atoms with Crippen LogP contribution in [0.1, 0.15) is 0 Å². The van der Waals surface area contributed by atoms with E-state index < -0.39 is 0 Å². The summed E-state index contributed by atoms with van der Waals surface area (Å²) in [4.78, 5) is 0. The topological polar surface area (TPSA) is 12.0 Å². The molecule has 0 unspecified atom stereocenters. The number of benzene rings is 1. The van der Waals surface area contributed by atoms with Gasteiger partial charge in [-0.2, -0.15) is 0 Å². The molecule has 0 aliphatic heterocycles. The van der Waals surface area contributed by atoms with Gasteiger partial charge < -0.3 is 5.32 Å². The van der Waals surface area contributed by atoms with E-state index in [0.29, 0.717) is 0 Å². The van der Waals surface area contributed by atoms with Crippen LogP contribution in [0, 0.1) is 0 Å². The quantitative estimate of drug-likeness (QED) is 0.664. The molecule has 2 heteroatoms. The number of nitrogens with one attached hydrogen (secondary N) is 1. The SMILES string of the molecule is [SiH3]CC=CNc1ccccc1. The number of hydrogen-bond acceptors (Lipinski definition) is 1. The predicted molar refractivity (Wildman–Crippen MR) is 54.0 cm³/mol. The van der Waals surface area contributed by atoms with Crippen molar-refractivity contribution in [3.05, 3.63) is 42.6 Å². The highest BCUT2D eigenvalue weighted by Crippen LogP contribution is 2.03. The smallest absolute Gasteiger partial charge is 0.0379 e. The largest absolute Gasteiger partial charge is 0.362 e. The van der Waals surface area contributed by atoms with Crippen molar-refractivity contribution < 1.29 is 0 Å². The molecule has 0 spiro atoms. The Morgan fingerprint density at radius 2 is 2.00 bits per heavy atom. The van der Waals surface area contributed by atoms with E-state index in [2.05, 4.69) is 23.5 Å². The first-order valence-corrected chi connectivity index (χ1v) is 5.31. The van der Waals surface area contributed by atoms with E-state index in [4.69, 9.17) is 0 Å². The van der Waals surface area contributed by atoms with Gasteiger partial charge in [0.05, 0.1) is 0 Å². The van der Waals surface area contributed by atoms with Crippen LogP contribution < -0.4 is 5.32 Å². The lowest BCUT2D eigenvalue weighted by atomic mass is 10.3. The third-order valence-corrected chi connectivity index (χ3v) is 1.85. The molecule has 58 valence electrons. The normalized spacial score (nSPS) is 10.5. The van der Waals surface area contributed by atoms with Gasteiger partial charge in [-0.25, -0.2) is 0 Å². The third-order valence-electron chi connectivity index (χ3n) is 1.38. The second-order valence-corrected chi connectivity index (χ2v) is 3.14. The van der Waals surface area contributed by atoms with Crippen LogP contribution in [0.5, 0.6) is 0 Å². The summed E-state index contributed by atoms with van der Waals surface area (Å²) in [6, 6.07) is 11.4. The summed E-state index contributed by atoms with van der Waals surface area (Å²) in [6.45, 7) is 0. The maximum Gasteiger partial charge on any atom is 0.0379 e. The van der Waals surface area contributed by atoms with E-state index in [-0.39, 0.29) is 0 Å². The molecule has 0 aliphatic carbocycles. The molecule has 1 aromatic rings. The van der Waals surface area contributed by atoms with Gasteiger partial charge in [0.1, 0.15) is 0 Å². The van der Waals surface area contributed by atoms with Crippen molar-refractivity contribution in [2.45, 2.75) is 6.04 Å². The van der Waals surface area contributed by atoms with Crippen molar-refractivity contribution in [1.82, 2.24) is 0 Å². The second kappa shape index (κ2) is 4.74. The van der Waals surface area contributed by atoms with Gasteiger partial charge in [0.2, 0.25) is 0 Å². The molecule has 0 radical (unpaired) electrons. The van der Waals surface area contributed by atoms with Crippen LogP contribution in [0.4, 0.5) is 5.69 Å². The average Bonchev–Trinajstić information content (AvgIpc) is 2.07. The molecule has 0 saturated heterocycles. The molecule has 0 amide bonds. The van der Waals surface area contributed by atoms with Crippen molar-refractivity contribution in [1.29, 1.82) is 0 Å². The fourth-order valence-electron chi connectivity index (χ4n) is 0.807. The van der Waals surface area contributed by atoms with E-state index in [1.807, 2.05) is 24.4 Å². The Hall–Kier alpha value is -1.02. The number of anilines is 1. The van der Waals surface area contributed by atoms with Crippen LogP contribution in [0.15, 0.2) is 42.6 Å². The lowest BCUT2D eigenvalue weighted by molar-refractivity contribution is 1.55. The van der Waals surface area contributed by atoms with Crippen LogP contribution >= 0.6 is 0 Å². The van der Waals surface area contributed by atoms with Crippen molar-refractivity contribution in [2.75, 3.05) is 5.32 Å². The monoisotopic (exact) mass is 163 g/mol. The summed E-state index contributed by atoms with van der Waals surface area (Å²) < 4.78 is 0. The molecule has 1 N–H and O–H groups in total. The molecule has 0 aliphatic rings. The van der Waals surface area contributed by atoms with E-state index in [1.54, 1.807) is 0 Å². The Balaban J connectivity index is 2.45. The zero-order valence-electron chi connectivity index (χ0n) is 6.75. The average molecular weight is 163 g/mol. The van der Waals surface area contributed by atoms with Gasteiger partial charge in [-0.05, 0) is 24.4 Å². The molecule has 0 heterocycles. The molecule has 1 rings (SSSR count). The van der Waals surface area contributed by atoms with Gasteiger partial charge in [-0.3, -0.25) is 0 Å². The van der Waals surface area contributed by atoms with Gasteiger partial charge in [0.15, 0.2) is 0 Å². The number of hydrogen-bond donors (Lipinski definition) is 1. The van der Waals surface area contributed by atoms with Crippen LogP contribution in [0.2, 0.25) is 6.04 Å². The summed E-state index contributed by atoms with van der Waals surface area (Å²) in [6.07, 6.45) is 4.15. The van der Waals surface area contributed by atoms with Gasteiger partial charge in [-0.15, -0.1) is 0 Å². The Morgan fingerprint density at radius 3 is 2.64 bits per heavy atom. The minimum absolute atomic E-state index is 1.15. The predicted octanol–water partition coefficient (Wildman–Crippen LogP) is 1.40. The Morgan fingerprint density at radius 1 is 1.27 bits per heavy atom. The van der Waals surface area contributed by atoms with Gasteiger partial charge in [0, 0.05) is 15.9 Å². The summed E-state index contributed by atoms with van der Waals surface area (Å²) in [5.74, 6) is 0. The zero-order chi connectivity index (χ0) is 7.94. The summed E-state index contributed by atoms with van der Waals surface area (Å²) in [5.41, 5.74) is 1.15. The maximum atomic E-state index is 3.19. The Bertz CT molecular complexity index is 218. The first kappa shape index (κ1) is 8.08. The molecule has 0 aromatic heterocycles. The summed E-state index contributed by atoms with van der Waals surface area (Å²) in [7, 11) is 1.24. The van der Waals surface area contributed by atoms with E-state index in [9.17, 15) is 0 Å². The van der Waals surface area contributed by atoms with Crippen LogP contribution in [-0.2, 0) is 0 Å². The molecule has 0 bridgehead atoms. The molecule has 0 fully saturated rings. The highest BCUT2D eigenvalue weighted by Gasteiger charge is 1.81. The van der Waals surface area contributed by atoms with Crippen molar-refractivity contribution in [2.24, 2.45) is 0 Å². The highest BCUT2D eigenvalue weighted by atomic mass is 28.1. The lowest BCUT2D eigenvalue weighted by Gasteiger charge is -1.97. The maximum absolute atomic E-state index is 3.19. The molecule has 1 aromatic carbocycles. The van der Waals surface area contributed by atoms with Crippen molar-refractivity contribution >= 4 is 15.9 Å². The van der Waals surface area contributed by atoms with Crippen LogP contribution in [0.3, 0.4) is 0 Å². The standard InChI is InChI=1S/C9H13NSi/c11-8-4-7-10-9-5-2-1-3-6-9/h1-7,10H,8H2,11H3. The van der Waals surface area contributed by atoms with Crippen LogP contribution in [-0.4, -0.2) is 10.2 Å². The fraction of sp³-hybridized carbons (Fsp3) is 0.111. The molecule has 1 nitrogen and oxygen atoms in total. The zero-order valence-corrected chi connectivity index (χ0v) is 8.75. The molecular weight excluding hydrogens is 150 g/mol. The van der Waals surface area contributed by atoms with Crippen molar-refractivity contribution in [3.8, 4) is 0 Å². The van der Waals surface area contributed by atoms with Gasteiger partial charge in [-0.1, -0.05) is 24.3 Å². The first-order valence-electron chi connectivity index (χ1n) is 3.90. The van der Waals surface area contributed by atoms with E-state index >= 15 is 0 Å². The third kappa shape index (κ3) is 3.05. The minimum Gasteiger partial charge on any atom is -0.362 e. The molecular formula is C9H13NSi. The molecule has 0 atom stereocenters. The fourth-order valence-corrected chi connectivity index (χ4v) is 1.04. The number of allylic oxidation sites excluding steroid dienone is 1. The summed E-state index contributed by atoms with van der Waals surface area (Å²) >= 11 is 0. The first-order chi connectivity index (χ1) is 5.43. The van der Waals surface area contributed by atoms with E-state index in [1.165, 1.54) is 16.3 Å². The molecule has 11 heavy (non-hydrogen) atoms. The molecule has 0 saturated carbocycles. The van der Waals surface area contributed by atoms with Crippen LogP contribution in [0.25, 0.3) is 0 Å². The highest BCUT2D eigenvalue weighted by molar-refractivity contribution is 6.09. The Labute approximate surface area is 70.6 Å². The van der Waals surface area contributed by atoms with E-state index in [0.717, 1.165) is 5.69 Å². The number of rotatable bonds is 3. The van der Waals surface area contributed by atoms with Crippen molar-refractivity contribution in [3.63, 3.8) is 0 Å². The Kier molecular flexibility index (Phi) is 3.48. The van der Waals surface area contributed by atoms with Gasteiger partial charge in [0.25, 0.3) is 0 Å². The number of para-hydroxylation sites is 1. The second-order valence-electron chi connectivity index (χ2n) is 2.32. The minimum atomic E-state index is 1.15. The summed E-state index contributed by atoms with van der Waals surface area (Å²) in [5, 5.41) is 3.19. The van der Waals surface area contributed by atoms with Gasteiger partial charge >= 0.3 is 0 Å².